The lowest BCUT2D eigenvalue weighted by Gasteiger charge is -2.10. The van der Waals surface area contributed by atoms with Crippen LogP contribution in [0.3, 0.4) is 0 Å². The summed E-state index contributed by atoms with van der Waals surface area (Å²) in [6.07, 6.45) is 0.759. The Morgan fingerprint density at radius 3 is 2.83 bits per heavy atom. The number of aldehydes is 1. The number of hydrogen-bond donors (Lipinski definition) is 0. The van der Waals surface area contributed by atoms with Gasteiger partial charge in [-0.05, 0) is 24.6 Å². The van der Waals surface area contributed by atoms with Crippen molar-refractivity contribution in [3.8, 4) is 5.75 Å². The molecule has 6 heteroatoms. The van der Waals surface area contributed by atoms with Crippen molar-refractivity contribution in [3.63, 3.8) is 0 Å². The van der Waals surface area contributed by atoms with E-state index >= 15 is 0 Å². The fourth-order valence-corrected chi connectivity index (χ4v) is 2.17. The van der Waals surface area contributed by atoms with E-state index < -0.39 is 0 Å². The number of ether oxygens (including phenoxy) is 1. The molecule has 0 saturated carbocycles. The zero-order valence-corrected chi connectivity index (χ0v) is 11.5. The van der Waals surface area contributed by atoms with Crippen molar-refractivity contribution in [2.45, 2.75) is 20.5 Å². The second-order valence-corrected chi connectivity index (χ2v) is 4.69. The molecular weight excluding hydrogens is 300 g/mol. The van der Waals surface area contributed by atoms with Crippen LogP contribution in [0.5, 0.6) is 5.75 Å². The van der Waals surface area contributed by atoms with Gasteiger partial charge in [0.25, 0.3) is 0 Å². The maximum absolute atomic E-state index is 11.0. The number of aromatic nitrogens is 2. The van der Waals surface area contributed by atoms with Crippen LogP contribution in [0.1, 0.15) is 27.6 Å². The van der Waals surface area contributed by atoms with E-state index in [1.807, 2.05) is 13.0 Å². The van der Waals surface area contributed by atoms with Crippen LogP contribution in [0.2, 0.25) is 0 Å². The summed E-state index contributed by atoms with van der Waals surface area (Å²) in [4.78, 5) is 15.0. The molecule has 0 aliphatic carbocycles. The van der Waals surface area contributed by atoms with Crippen LogP contribution < -0.4 is 4.74 Å². The van der Waals surface area contributed by atoms with Crippen molar-refractivity contribution < 1.29 is 14.1 Å². The average molecular weight is 311 g/mol. The van der Waals surface area contributed by atoms with Crippen molar-refractivity contribution in [2.75, 3.05) is 0 Å². The zero-order valence-electron chi connectivity index (χ0n) is 9.94. The summed E-state index contributed by atoms with van der Waals surface area (Å²) in [6.45, 7) is 3.74. The van der Waals surface area contributed by atoms with E-state index in [1.165, 1.54) is 0 Å². The summed E-state index contributed by atoms with van der Waals surface area (Å²) >= 11 is 3.33. The third-order valence-electron chi connectivity index (χ3n) is 2.31. The molecule has 18 heavy (non-hydrogen) atoms. The summed E-state index contributed by atoms with van der Waals surface area (Å²) in [5.41, 5.74) is 1.36. The van der Waals surface area contributed by atoms with Gasteiger partial charge < -0.3 is 9.26 Å². The molecule has 1 aromatic heterocycles. The molecule has 0 spiro atoms. The monoisotopic (exact) mass is 310 g/mol. The standard InChI is InChI=1S/C12H11BrN2O3/c1-7-3-10(13)4-9(5-16)12(7)17-6-11-14-8(2)18-15-11/h3-5H,6H2,1-2H3. The Bertz CT molecular complexity index is 581. The van der Waals surface area contributed by atoms with E-state index in [0.29, 0.717) is 23.0 Å². The summed E-state index contributed by atoms with van der Waals surface area (Å²) in [6, 6.07) is 3.58. The van der Waals surface area contributed by atoms with Gasteiger partial charge in [-0.2, -0.15) is 4.98 Å². The van der Waals surface area contributed by atoms with Crippen LogP contribution in [-0.2, 0) is 6.61 Å². The number of nitrogens with zero attached hydrogens (tertiary/aromatic N) is 2. The van der Waals surface area contributed by atoms with Crippen molar-refractivity contribution in [2.24, 2.45) is 0 Å². The lowest BCUT2D eigenvalue weighted by molar-refractivity contribution is 0.111. The van der Waals surface area contributed by atoms with Gasteiger partial charge in [0.05, 0.1) is 5.56 Å². The van der Waals surface area contributed by atoms with E-state index in [1.54, 1.807) is 13.0 Å². The number of aryl methyl sites for hydroxylation is 2. The lowest BCUT2D eigenvalue weighted by Crippen LogP contribution is -2.02. The third-order valence-corrected chi connectivity index (χ3v) is 2.77. The predicted octanol–water partition coefficient (Wildman–Crippen LogP) is 2.84. The number of rotatable bonds is 4. The Morgan fingerprint density at radius 1 is 1.44 bits per heavy atom. The molecule has 0 amide bonds. The van der Waals surface area contributed by atoms with Crippen LogP contribution in [-0.4, -0.2) is 16.4 Å². The molecule has 0 aliphatic heterocycles. The molecule has 0 bridgehead atoms. The zero-order chi connectivity index (χ0) is 13.1. The maximum atomic E-state index is 11.0. The smallest absolute Gasteiger partial charge is 0.223 e. The number of carbonyl (C=O) groups is 1. The lowest BCUT2D eigenvalue weighted by atomic mass is 10.1. The van der Waals surface area contributed by atoms with Gasteiger partial charge in [0.15, 0.2) is 12.9 Å². The summed E-state index contributed by atoms with van der Waals surface area (Å²) < 4.78 is 11.3. The molecule has 0 N–H and O–H groups in total. The maximum Gasteiger partial charge on any atom is 0.223 e. The van der Waals surface area contributed by atoms with E-state index in [4.69, 9.17) is 9.26 Å². The first kappa shape index (κ1) is 12.8. The minimum Gasteiger partial charge on any atom is -0.484 e. The van der Waals surface area contributed by atoms with Crippen LogP contribution in [0.15, 0.2) is 21.1 Å². The van der Waals surface area contributed by atoms with Gasteiger partial charge in [-0.3, -0.25) is 4.79 Å². The van der Waals surface area contributed by atoms with Crippen LogP contribution in [0, 0.1) is 13.8 Å². The number of hydrogen-bond acceptors (Lipinski definition) is 5. The minimum atomic E-state index is 0.167. The van der Waals surface area contributed by atoms with E-state index in [2.05, 4.69) is 26.1 Å². The fraction of sp³-hybridized carbons (Fsp3) is 0.250. The van der Waals surface area contributed by atoms with Crippen LogP contribution >= 0.6 is 15.9 Å². The topological polar surface area (TPSA) is 65.2 Å². The third kappa shape index (κ3) is 2.76. The molecule has 0 atom stereocenters. The van der Waals surface area contributed by atoms with Gasteiger partial charge in [-0.25, -0.2) is 0 Å². The van der Waals surface area contributed by atoms with Crippen LogP contribution in [0.4, 0.5) is 0 Å². The Kier molecular flexibility index (Phi) is 3.76. The van der Waals surface area contributed by atoms with Crippen molar-refractivity contribution >= 4 is 22.2 Å². The quantitative estimate of drug-likeness (QED) is 0.812. The number of carbonyl (C=O) groups excluding carboxylic acids is 1. The van der Waals surface area contributed by atoms with Gasteiger partial charge in [0, 0.05) is 11.4 Å². The molecule has 0 aliphatic rings. The first-order chi connectivity index (χ1) is 8.60. The highest BCUT2D eigenvalue weighted by Crippen LogP contribution is 2.27. The van der Waals surface area contributed by atoms with Crippen molar-refractivity contribution in [3.05, 3.63) is 39.4 Å². The number of halogens is 1. The van der Waals surface area contributed by atoms with E-state index in [0.717, 1.165) is 16.3 Å². The highest BCUT2D eigenvalue weighted by Gasteiger charge is 2.10. The van der Waals surface area contributed by atoms with Gasteiger partial charge in [-0.15, -0.1) is 0 Å². The van der Waals surface area contributed by atoms with Crippen LogP contribution in [0.25, 0.3) is 0 Å². The van der Waals surface area contributed by atoms with Gasteiger partial charge in [0.2, 0.25) is 11.7 Å². The first-order valence-electron chi connectivity index (χ1n) is 5.27. The van der Waals surface area contributed by atoms with E-state index in [-0.39, 0.29) is 6.61 Å². The van der Waals surface area contributed by atoms with Crippen molar-refractivity contribution in [1.29, 1.82) is 0 Å². The van der Waals surface area contributed by atoms with Gasteiger partial charge in [0.1, 0.15) is 5.75 Å². The molecule has 5 nitrogen and oxygen atoms in total. The molecule has 0 saturated heterocycles. The largest absolute Gasteiger partial charge is 0.484 e. The second-order valence-electron chi connectivity index (χ2n) is 3.78. The number of benzene rings is 1. The predicted molar refractivity (Wildman–Crippen MR) is 67.6 cm³/mol. The molecule has 2 aromatic rings. The molecule has 0 radical (unpaired) electrons. The highest BCUT2D eigenvalue weighted by atomic mass is 79.9. The Morgan fingerprint density at radius 2 is 2.22 bits per heavy atom. The summed E-state index contributed by atoms with van der Waals surface area (Å²) in [5, 5.41) is 3.72. The normalized spacial score (nSPS) is 10.4. The molecular formula is C12H11BrN2O3. The van der Waals surface area contributed by atoms with Crippen molar-refractivity contribution in [1.82, 2.24) is 10.1 Å². The Balaban J connectivity index is 2.20. The molecule has 1 aromatic carbocycles. The molecule has 94 valence electrons. The molecule has 0 unspecified atom stereocenters. The summed E-state index contributed by atoms with van der Waals surface area (Å²) in [7, 11) is 0. The highest BCUT2D eigenvalue weighted by molar-refractivity contribution is 9.10. The fourth-order valence-electron chi connectivity index (χ4n) is 1.58. The molecule has 0 fully saturated rings. The second kappa shape index (κ2) is 5.30. The van der Waals surface area contributed by atoms with Gasteiger partial charge in [-0.1, -0.05) is 21.1 Å². The Hall–Kier alpha value is -1.69. The summed E-state index contributed by atoms with van der Waals surface area (Å²) in [5.74, 6) is 1.47. The minimum absolute atomic E-state index is 0.167. The average Bonchev–Trinajstić information content (AvgIpc) is 2.73. The van der Waals surface area contributed by atoms with E-state index in [9.17, 15) is 4.79 Å². The first-order valence-corrected chi connectivity index (χ1v) is 6.06. The SMILES string of the molecule is Cc1nc(COc2c(C)cc(Br)cc2C=O)no1. The van der Waals surface area contributed by atoms with Gasteiger partial charge >= 0.3 is 0 Å². The molecule has 1 heterocycles. The Labute approximate surface area is 112 Å². The molecule has 2 rings (SSSR count).